The minimum atomic E-state index is -0.613. The smallest absolute Gasteiger partial charge is 0.255 e. The van der Waals surface area contributed by atoms with Crippen LogP contribution < -0.4 is 10.5 Å². The minimum Gasteiger partial charge on any atom is -0.467 e. The fraction of sp³-hybridized carbons (Fsp3) is 0.308. The van der Waals surface area contributed by atoms with Crippen LogP contribution in [0.1, 0.15) is 18.3 Å². The number of benzene rings is 1. The van der Waals surface area contributed by atoms with E-state index >= 15 is 0 Å². The molecule has 1 aromatic carbocycles. The largest absolute Gasteiger partial charge is 0.467 e. The minimum absolute atomic E-state index is 0.184. The molecule has 1 aromatic heterocycles. The molecule has 5 nitrogen and oxygen atoms in total. The molecule has 0 unspecified atom stereocenters. The van der Waals surface area contributed by atoms with E-state index in [2.05, 4.69) is 9.97 Å². The van der Waals surface area contributed by atoms with Gasteiger partial charge in [0, 0.05) is 6.42 Å². The summed E-state index contributed by atoms with van der Waals surface area (Å²) >= 11 is 0. The third-order valence-electron chi connectivity index (χ3n) is 2.58. The average molecular weight is 263 g/mol. The first-order valence-electron chi connectivity index (χ1n) is 5.89. The number of carbonyl (C=O) groups excluding carboxylic acids is 1. The molecule has 100 valence electrons. The van der Waals surface area contributed by atoms with Gasteiger partial charge < -0.3 is 10.5 Å². The van der Waals surface area contributed by atoms with Crippen molar-refractivity contribution in [2.24, 2.45) is 5.73 Å². The standard InChI is InChI=1S/C13H14FN3O2/c1-3-11-16-12-8(4-7(2)5-9(12)14)13(17-11)19-6-10(15)18/h4-5H,3,6H2,1-2H3,(H2,15,18). The van der Waals surface area contributed by atoms with E-state index < -0.39 is 11.7 Å². The Kier molecular flexibility index (Phi) is 3.59. The second kappa shape index (κ2) is 5.17. The predicted octanol–water partition coefficient (Wildman–Crippen LogP) is 1.50. The Morgan fingerprint density at radius 2 is 2.16 bits per heavy atom. The van der Waals surface area contributed by atoms with Gasteiger partial charge in [-0.2, -0.15) is 4.98 Å². The van der Waals surface area contributed by atoms with Gasteiger partial charge in [0.2, 0.25) is 5.88 Å². The fourth-order valence-corrected chi connectivity index (χ4v) is 1.75. The molecule has 0 bridgehead atoms. The number of ether oxygens (including phenoxy) is 1. The van der Waals surface area contributed by atoms with Crippen molar-refractivity contribution in [3.8, 4) is 5.88 Å². The van der Waals surface area contributed by atoms with Crippen molar-refractivity contribution < 1.29 is 13.9 Å². The number of halogens is 1. The number of primary amides is 1. The number of rotatable bonds is 4. The number of aromatic nitrogens is 2. The highest BCUT2D eigenvalue weighted by Gasteiger charge is 2.13. The van der Waals surface area contributed by atoms with Gasteiger partial charge in [0.1, 0.15) is 17.2 Å². The number of fused-ring (bicyclic) bond motifs is 1. The Morgan fingerprint density at radius 1 is 1.42 bits per heavy atom. The maximum atomic E-state index is 13.9. The normalized spacial score (nSPS) is 10.7. The van der Waals surface area contributed by atoms with E-state index in [1.165, 1.54) is 6.07 Å². The summed E-state index contributed by atoms with van der Waals surface area (Å²) in [5.41, 5.74) is 5.95. The molecule has 6 heteroatoms. The van der Waals surface area contributed by atoms with Crippen LogP contribution in [0.25, 0.3) is 10.9 Å². The van der Waals surface area contributed by atoms with Crippen LogP contribution in [0.15, 0.2) is 12.1 Å². The van der Waals surface area contributed by atoms with E-state index in [4.69, 9.17) is 10.5 Å². The molecule has 0 atom stereocenters. The first-order chi connectivity index (χ1) is 9.01. The van der Waals surface area contributed by atoms with Crippen LogP contribution >= 0.6 is 0 Å². The molecular formula is C13H14FN3O2. The van der Waals surface area contributed by atoms with E-state index in [0.29, 0.717) is 17.6 Å². The van der Waals surface area contributed by atoms with Gasteiger partial charge in [-0.1, -0.05) is 6.92 Å². The molecule has 1 heterocycles. The summed E-state index contributed by atoms with van der Waals surface area (Å²) in [5.74, 6) is -0.410. The molecule has 0 aliphatic heterocycles. The first-order valence-corrected chi connectivity index (χ1v) is 5.89. The Balaban J connectivity index is 2.61. The van der Waals surface area contributed by atoms with Gasteiger partial charge in [-0.15, -0.1) is 0 Å². The third kappa shape index (κ3) is 2.78. The summed E-state index contributed by atoms with van der Waals surface area (Å²) in [7, 11) is 0. The number of hydrogen-bond donors (Lipinski definition) is 1. The summed E-state index contributed by atoms with van der Waals surface area (Å²) in [5, 5.41) is 0.441. The van der Waals surface area contributed by atoms with Crippen LogP contribution in [0.3, 0.4) is 0 Å². The summed E-state index contributed by atoms with van der Waals surface area (Å²) < 4.78 is 19.1. The third-order valence-corrected chi connectivity index (χ3v) is 2.58. The topological polar surface area (TPSA) is 78.1 Å². The van der Waals surface area contributed by atoms with Gasteiger partial charge in [-0.05, 0) is 24.6 Å². The van der Waals surface area contributed by atoms with Gasteiger partial charge in [0.05, 0.1) is 5.39 Å². The molecule has 0 aliphatic carbocycles. The number of amides is 1. The second-order valence-corrected chi connectivity index (χ2v) is 4.20. The zero-order chi connectivity index (χ0) is 14.0. The first kappa shape index (κ1) is 13.2. The number of hydrogen-bond acceptors (Lipinski definition) is 4. The maximum absolute atomic E-state index is 13.9. The van der Waals surface area contributed by atoms with Gasteiger partial charge in [-0.25, -0.2) is 9.37 Å². The van der Waals surface area contributed by atoms with Gasteiger partial charge in [0.25, 0.3) is 5.91 Å². The van der Waals surface area contributed by atoms with E-state index in [1.807, 2.05) is 6.92 Å². The van der Waals surface area contributed by atoms with Gasteiger partial charge >= 0.3 is 0 Å². The monoisotopic (exact) mass is 263 g/mol. The summed E-state index contributed by atoms with van der Waals surface area (Å²) in [4.78, 5) is 19.1. The van der Waals surface area contributed by atoms with Crippen molar-refractivity contribution in [3.63, 3.8) is 0 Å². The SMILES string of the molecule is CCc1nc(OCC(N)=O)c2cc(C)cc(F)c2n1. The summed E-state index contributed by atoms with van der Waals surface area (Å²) in [6.45, 7) is 3.31. The zero-order valence-corrected chi connectivity index (χ0v) is 10.7. The Morgan fingerprint density at radius 3 is 2.79 bits per heavy atom. The summed E-state index contributed by atoms with van der Waals surface area (Å²) in [6.07, 6.45) is 0.538. The van der Waals surface area contributed by atoms with Crippen LogP contribution in [-0.2, 0) is 11.2 Å². The molecule has 1 amide bonds. The van der Waals surface area contributed by atoms with E-state index in [1.54, 1.807) is 13.0 Å². The van der Waals surface area contributed by atoms with Crippen LogP contribution in [0.5, 0.6) is 5.88 Å². The Bertz CT molecular complexity index is 643. The van der Waals surface area contributed by atoms with Crippen molar-refractivity contribution >= 4 is 16.8 Å². The molecule has 0 radical (unpaired) electrons. The Labute approximate surface area is 109 Å². The number of carbonyl (C=O) groups is 1. The highest BCUT2D eigenvalue weighted by molar-refractivity contribution is 5.85. The van der Waals surface area contributed by atoms with E-state index in [-0.39, 0.29) is 18.0 Å². The zero-order valence-electron chi connectivity index (χ0n) is 10.7. The number of aryl methyl sites for hydroxylation is 2. The Hall–Kier alpha value is -2.24. The van der Waals surface area contributed by atoms with Crippen molar-refractivity contribution in [1.82, 2.24) is 9.97 Å². The molecule has 0 aliphatic rings. The van der Waals surface area contributed by atoms with Gasteiger partial charge in [0.15, 0.2) is 6.61 Å². The molecular weight excluding hydrogens is 249 g/mol. The van der Waals surface area contributed by atoms with Crippen LogP contribution in [0, 0.1) is 12.7 Å². The number of nitrogens with zero attached hydrogens (tertiary/aromatic N) is 2. The predicted molar refractivity (Wildman–Crippen MR) is 68.3 cm³/mol. The molecule has 2 rings (SSSR count). The molecule has 2 aromatic rings. The van der Waals surface area contributed by atoms with E-state index in [9.17, 15) is 9.18 Å². The molecule has 0 fully saturated rings. The fourth-order valence-electron chi connectivity index (χ4n) is 1.75. The lowest BCUT2D eigenvalue weighted by molar-refractivity contribution is -0.120. The van der Waals surface area contributed by atoms with Gasteiger partial charge in [-0.3, -0.25) is 4.79 Å². The summed E-state index contributed by atoms with van der Waals surface area (Å²) in [6, 6.07) is 3.11. The molecule has 19 heavy (non-hydrogen) atoms. The molecule has 0 saturated carbocycles. The quantitative estimate of drug-likeness (QED) is 0.906. The van der Waals surface area contributed by atoms with Crippen molar-refractivity contribution in [2.45, 2.75) is 20.3 Å². The van der Waals surface area contributed by atoms with Crippen molar-refractivity contribution in [2.75, 3.05) is 6.61 Å². The average Bonchev–Trinajstić information content (AvgIpc) is 2.36. The molecule has 0 saturated heterocycles. The molecule has 2 N–H and O–H groups in total. The lowest BCUT2D eigenvalue weighted by atomic mass is 10.1. The lowest BCUT2D eigenvalue weighted by Crippen LogP contribution is -2.20. The van der Waals surface area contributed by atoms with Crippen molar-refractivity contribution in [1.29, 1.82) is 0 Å². The van der Waals surface area contributed by atoms with Crippen LogP contribution in [0.4, 0.5) is 4.39 Å². The maximum Gasteiger partial charge on any atom is 0.255 e. The van der Waals surface area contributed by atoms with Crippen LogP contribution in [0.2, 0.25) is 0 Å². The van der Waals surface area contributed by atoms with Crippen molar-refractivity contribution in [3.05, 3.63) is 29.3 Å². The highest BCUT2D eigenvalue weighted by atomic mass is 19.1. The van der Waals surface area contributed by atoms with E-state index in [0.717, 1.165) is 5.56 Å². The highest BCUT2D eigenvalue weighted by Crippen LogP contribution is 2.26. The van der Waals surface area contributed by atoms with Crippen LogP contribution in [-0.4, -0.2) is 22.5 Å². The second-order valence-electron chi connectivity index (χ2n) is 4.20. The number of nitrogens with two attached hydrogens (primary N) is 1. The lowest BCUT2D eigenvalue weighted by Gasteiger charge is -2.09. The molecule has 0 spiro atoms.